The molecule has 0 aliphatic carbocycles. The molecule has 0 bridgehead atoms. The molecule has 1 fully saturated rings. The van der Waals surface area contributed by atoms with Gasteiger partial charge in [-0.2, -0.15) is 0 Å². The highest BCUT2D eigenvalue weighted by atomic mass is 16.2. The molecule has 2 unspecified atom stereocenters. The van der Waals surface area contributed by atoms with Crippen LogP contribution in [0.15, 0.2) is 12.1 Å². The van der Waals surface area contributed by atoms with E-state index in [-0.39, 0.29) is 11.9 Å². The number of rotatable bonds is 1. The van der Waals surface area contributed by atoms with Gasteiger partial charge in [-0.3, -0.25) is 9.78 Å². The van der Waals surface area contributed by atoms with Crippen molar-refractivity contribution in [3.05, 3.63) is 29.1 Å². The van der Waals surface area contributed by atoms with Gasteiger partial charge in [-0.05, 0) is 31.9 Å². The van der Waals surface area contributed by atoms with E-state index in [1.807, 2.05) is 30.9 Å². The first kappa shape index (κ1) is 12.0. The van der Waals surface area contributed by atoms with Crippen molar-refractivity contribution in [2.45, 2.75) is 26.8 Å². The summed E-state index contributed by atoms with van der Waals surface area (Å²) >= 11 is 0. The standard InChI is InChI=1S/C13H19N3O/c1-8-6-16(7-12(8)14)13(17)11-5-4-9(2)15-10(11)3/h4-5,8,12H,6-7,14H2,1-3H3. The number of pyridine rings is 1. The minimum atomic E-state index is 0.0507. The maximum absolute atomic E-state index is 12.3. The van der Waals surface area contributed by atoms with Crippen LogP contribution in [-0.4, -0.2) is 34.9 Å². The molecule has 0 spiro atoms. The molecule has 4 nitrogen and oxygen atoms in total. The minimum absolute atomic E-state index is 0.0507. The molecule has 4 heteroatoms. The lowest BCUT2D eigenvalue weighted by Gasteiger charge is -2.17. The van der Waals surface area contributed by atoms with Crippen LogP contribution in [0, 0.1) is 19.8 Å². The lowest BCUT2D eigenvalue weighted by Crippen LogP contribution is -2.32. The Morgan fingerprint density at radius 3 is 2.65 bits per heavy atom. The quantitative estimate of drug-likeness (QED) is 0.790. The fourth-order valence-electron chi connectivity index (χ4n) is 2.24. The van der Waals surface area contributed by atoms with E-state index in [0.717, 1.165) is 17.9 Å². The van der Waals surface area contributed by atoms with Crippen LogP contribution >= 0.6 is 0 Å². The van der Waals surface area contributed by atoms with Crippen LogP contribution < -0.4 is 5.73 Å². The number of aryl methyl sites for hydroxylation is 2. The Morgan fingerprint density at radius 1 is 1.41 bits per heavy atom. The third-order valence-corrected chi connectivity index (χ3v) is 3.41. The van der Waals surface area contributed by atoms with Gasteiger partial charge in [-0.25, -0.2) is 0 Å². The van der Waals surface area contributed by atoms with E-state index in [4.69, 9.17) is 5.73 Å². The fraction of sp³-hybridized carbons (Fsp3) is 0.538. The van der Waals surface area contributed by atoms with Crippen LogP contribution in [0.5, 0.6) is 0 Å². The first-order chi connectivity index (χ1) is 7.99. The number of carbonyl (C=O) groups is 1. The monoisotopic (exact) mass is 233 g/mol. The number of hydrogen-bond donors (Lipinski definition) is 1. The van der Waals surface area contributed by atoms with Crippen LogP contribution in [-0.2, 0) is 0 Å². The second-order valence-electron chi connectivity index (χ2n) is 4.94. The molecule has 0 saturated carbocycles. The summed E-state index contributed by atoms with van der Waals surface area (Å²) in [6.07, 6.45) is 0. The number of carbonyl (C=O) groups excluding carboxylic acids is 1. The molecule has 2 heterocycles. The average Bonchev–Trinajstić information content (AvgIpc) is 2.58. The molecule has 1 aromatic rings. The lowest BCUT2D eigenvalue weighted by atomic mass is 10.1. The van der Waals surface area contributed by atoms with Gasteiger partial charge in [0, 0.05) is 24.8 Å². The molecule has 2 atom stereocenters. The normalized spacial score (nSPS) is 24.1. The predicted octanol–water partition coefficient (Wildman–Crippen LogP) is 1.12. The first-order valence-electron chi connectivity index (χ1n) is 5.98. The van der Waals surface area contributed by atoms with E-state index in [0.29, 0.717) is 18.0 Å². The van der Waals surface area contributed by atoms with Gasteiger partial charge in [0.15, 0.2) is 0 Å². The zero-order valence-corrected chi connectivity index (χ0v) is 10.6. The molecule has 0 radical (unpaired) electrons. The number of nitrogens with zero attached hydrogens (tertiary/aromatic N) is 2. The van der Waals surface area contributed by atoms with E-state index in [1.165, 1.54) is 0 Å². The number of likely N-dealkylation sites (tertiary alicyclic amines) is 1. The van der Waals surface area contributed by atoms with Gasteiger partial charge in [-0.1, -0.05) is 6.92 Å². The number of aromatic nitrogens is 1. The maximum atomic E-state index is 12.3. The van der Waals surface area contributed by atoms with Crippen molar-refractivity contribution in [2.24, 2.45) is 11.7 Å². The summed E-state index contributed by atoms with van der Waals surface area (Å²) in [5.41, 5.74) is 8.36. The van der Waals surface area contributed by atoms with Gasteiger partial charge in [0.05, 0.1) is 11.3 Å². The molecule has 1 aliphatic heterocycles. The average molecular weight is 233 g/mol. The van der Waals surface area contributed by atoms with Crippen LogP contribution in [0.2, 0.25) is 0 Å². The molecular formula is C13H19N3O. The summed E-state index contributed by atoms with van der Waals surface area (Å²) in [4.78, 5) is 18.5. The van der Waals surface area contributed by atoms with Crippen molar-refractivity contribution in [3.63, 3.8) is 0 Å². The highest BCUT2D eigenvalue weighted by Gasteiger charge is 2.30. The number of amides is 1. The SMILES string of the molecule is Cc1ccc(C(=O)N2CC(C)C(N)C2)c(C)n1. The molecule has 2 N–H and O–H groups in total. The first-order valence-corrected chi connectivity index (χ1v) is 5.98. The highest BCUT2D eigenvalue weighted by Crippen LogP contribution is 2.18. The maximum Gasteiger partial charge on any atom is 0.255 e. The van der Waals surface area contributed by atoms with Gasteiger partial charge in [0.25, 0.3) is 5.91 Å². The number of nitrogens with two attached hydrogens (primary N) is 1. The van der Waals surface area contributed by atoms with Crippen LogP contribution in [0.1, 0.15) is 28.7 Å². The van der Waals surface area contributed by atoms with Crippen molar-refractivity contribution in [1.82, 2.24) is 9.88 Å². The third-order valence-electron chi connectivity index (χ3n) is 3.41. The lowest BCUT2D eigenvalue weighted by molar-refractivity contribution is 0.0785. The highest BCUT2D eigenvalue weighted by molar-refractivity contribution is 5.95. The molecule has 17 heavy (non-hydrogen) atoms. The summed E-state index contributed by atoms with van der Waals surface area (Å²) in [6.45, 7) is 7.27. The third kappa shape index (κ3) is 2.31. The molecular weight excluding hydrogens is 214 g/mol. The summed E-state index contributed by atoms with van der Waals surface area (Å²) in [6, 6.07) is 3.83. The molecule has 1 aromatic heterocycles. The summed E-state index contributed by atoms with van der Waals surface area (Å²) in [5.74, 6) is 0.424. The Bertz CT molecular complexity index is 434. The van der Waals surface area contributed by atoms with Gasteiger partial charge in [0.1, 0.15) is 0 Å². The van der Waals surface area contributed by atoms with E-state index in [2.05, 4.69) is 11.9 Å². The second-order valence-corrected chi connectivity index (χ2v) is 4.94. The van der Waals surface area contributed by atoms with Crippen LogP contribution in [0.25, 0.3) is 0 Å². The summed E-state index contributed by atoms with van der Waals surface area (Å²) in [5, 5.41) is 0. The molecule has 92 valence electrons. The minimum Gasteiger partial charge on any atom is -0.337 e. The Labute approximate surface area is 102 Å². The van der Waals surface area contributed by atoms with Crippen molar-refractivity contribution < 1.29 is 4.79 Å². The molecule has 2 rings (SSSR count). The Balaban J connectivity index is 2.20. The zero-order valence-electron chi connectivity index (χ0n) is 10.6. The topological polar surface area (TPSA) is 59.2 Å². The van der Waals surface area contributed by atoms with Gasteiger partial charge < -0.3 is 10.6 Å². The Kier molecular flexibility index (Phi) is 3.15. The van der Waals surface area contributed by atoms with E-state index < -0.39 is 0 Å². The molecule has 1 saturated heterocycles. The van der Waals surface area contributed by atoms with Gasteiger partial charge in [-0.15, -0.1) is 0 Å². The summed E-state index contributed by atoms with van der Waals surface area (Å²) < 4.78 is 0. The predicted molar refractivity (Wildman–Crippen MR) is 66.8 cm³/mol. The fourth-order valence-corrected chi connectivity index (χ4v) is 2.24. The van der Waals surface area contributed by atoms with Crippen LogP contribution in [0.4, 0.5) is 0 Å². The largest absolute Gasteiger partial charge is 0.337 e. The van der Waals surface area contributed by atoms with Gasteiger partial charge >= 0.3 is 0 Å². The van der Waals surface area contributed by atoms with Crippen LogP contribution in [0.3, 0.4) is 0 Å². The van der Waals surface area contributed by atoms with Crippen molar-refractivity contribution in [1.29, 1.82) is 0 Å². The smallest absolute Gasteiger partial charge is 0.255 e. The molecule has 1 aliphatic rings. The van der Waals surface area contributed by atoms with Crippen molar-refractivity contribution in [2.75, 3.05) is 13.1 Å². The van der Waals surface area contributed by atoms with E-state index in [1.54, 1.807) is 0 Å². The second kappa shape index (κ2) is 4.45. The van der Waals surface area contributed by atoms with Gasteiger partial charge in [0.2, 0.25) is 0 Å². The summed E-state index contributed by atoms with van der Waals surface area (Å²) in [7, 11) is 0. The number of hydrogen-bond acceptors (Lipinski definition) is 3. The Hall–Kier alpha value is -1.42. The van der Waals surface area contributed by atoms with Crippen molar-refractivity contribution in [3.8, 4) is 0 Å². The van der Waals surface area contributed by atoms with E-state index in [9.17, 15) is 4.79 Å². The Morgan fingerprint density at radius 2 is 2.12 bits per heavy atom. The molecule has 1 amide bonds. The molecule has 0 aromatic carbocycles. The zero-order chi connectivity index (χ0) is 12.6. The van der Waals surface area contributed by atoms with E-state index >= 15 is 0 Å². The van der Waals surface area contributed by atoms with Crippen molar-refractivity contribution >= 4 is 5.91 Å².